The van der Waals surface area contributed by atoms with Crippen molar-refractivity contribution in [1.29, 1.82) is 0 Å². The monoisotopic (exact) mass is 293 g/mol. The van der Waals surface area contributed by atoms with Gasteiger partial charge in [-0.2, -0.15) is 13.2 Å². The van der Waals surface area contributed by atoms with Gasteiger partial charge in [-0.1, -0.05) is 12.5 Å². The van der Waals surface area contributed by atoms with Crippen molar-refractivity contribution in [3.8, 4) is 0 Å². The summed E-state index contributed by atoms with van der Waals surface area (Å²) >= 11 is 0. The molecule has 20 heavy (non-hydrogen) atoms. The molecule has 1 rings (SSSR count). The number of amides is 1. The Kier molecular flexibility index (Phi) is 4.83. The van der Waals surface area contributed by atoms with Gasteiger partial charge in [-0.15, -0.1) is 0 Å². The first-order valence-electron chi connectivity index (χ1n) is 6.38. The molecule has 0 aromatic carbocycles. The summed E-state index contributed by atoms with van der Waals surface area (Å²) in [6, 6.07) is 0. The van der Waals surface area contributed by atoms with Crippen LogP contribution in [0.2, 0.25) is 0 Å². The fraction of sp³-hybridized carbons (Fsp3) is 0.692. The predicted octanol–water partition coefficient (Wildman–Crippen LogP) is 2.85. The van der Waals surface area contributed by atoms with Crippen LogP contribution in [0.3, 0.4) is 0 Å². The Morgan fingerprint density at radius 3 is 2.40 bits per heavy atom. The SMILES string of the molecule is CC(C)(C(=O)O)C1CCCCC=C1NC(=O)C(F)(F)F. The zero-order valence-corrected chi connectivity index (χ0v) is 11.4. The average molecular weight is 293 g/mol. The quantitative estimate of drug-likeness (QED) is 0.841. The normalized spacial score (nSPS) is 20.9. The van der Waals surface area contributed by atoms with Crippen molar-refractivity contribution in [2.75, 3.05) is 0 Å². The summed E-state index contributed by atoms with van der Waals surface area (Å²) in [6.07, 6.45) is -1.04. The Morgan fingerprint density at radius 2 is 1.90 bits per heavy atom. The van der Waals surface area contributed by atoms with Gasteiger partial charge in [-0.25, -0.2) is 0 Å². The molecule has 0 spiro atoms. The van der Waals surface area contributed by atoms with Gasteiger partial charge < -0.3 is 10.4 Å². The summed E-state index contributed by atoms with van der Waals surface area (Å²) in [5.41, 5.74) is -1.17. The molecular formula is C13H18F3NO3. The Hall–Kier alpha value is -1.53. The van der Waals surface area contributed by atoms with Crippen molar-refractivity contribution >= 4 is 11.9 Å². The summed E-state index contributed by atoms with van der Waals surface area (Å²) in [5.74, 6) is -3.80. The van der Waals surface area contributed by atoms with Gasteiger partial charge in [0.25, 0.3) is 0 Å². The fourth-order valence-corrected chi connectivity index (χ4v) is 2.29. The lowest BCUT2D eigenvalue weighted by molar-refractivity contribution is -0.173. The van der Waals surface area contributed by atoms with Crippen LogP contribution in [-0.4, -0.2) is 23.2 Å². The van der Waals surface area contributed by atoms with E-state index < -0.39 is 29.4 Å². The summed E-state index contributed by atoms with van der Waals surface area (Å²) in [7, 11) is 0. The highest BCUT2D eigenvalue weighted by Crippen LogP contribution is 2.38. The molecule has 2 N–H and O–H groups in total. The Balaban J connectivity index is 3.02. The second kappa shape index (κ2) is 5.85. The second-order valence-corrected chi connectivity index (χ2v) is 5.48. The molecule has 0 heterocycles. The highest BCUT2D eigenvalue weighted by Gasteiger charge is 2.43. The van der Waals surface area contributed by atoms with Gasteiger partial charge in [0.1, 0.15) is 0 Å². The molecular weight excluding hydrogens is 275 g/mol. The van der Waals surface area contributed by atoms with Crippen molar-refractivity contribution in [3.05, 3.63) is 11.8 Å². The summed E-state index contributed by atoms with van der Waals surface area (Å²) in [6.45, 7) is 2.91. The zero-order chi connectivity index (χ0) is 15.6. The molecule has 114 valence electrons. The molecule has 0 aromatic rings. The van der Waals surface area contributed by atoms with Crippen LogP contribution in [0.25, 0.3) is 0 Å². The average Bonchev–Trinajstić information content (AvgIpc) is 2.53. The lowest BCUT2D eigenvalue weighted by Crippen LogP contribution is -2.43. The first-order valence-corrected chi connectivity index (χ1v) is 6.38. The van der Waals surface area contributed by atoms with Crippen LogP contribution in [0, 0.1) is 11.3 Å². The van der Waals surface area contributed by atoms with Crippen LogP contribution < -0.4 is 5.32 Å². The molecule has 1 aliphatic rings. The largest absolute Gasteiger partial charge is 0.481 e. The molecule has 7 heteroatoms. The molecule has 4 nitrogen and oxygen atoms in total. The standard InChI is InChI=1S/C13H18F3NO3/c1-12(2,11(19)20)8-6-4-3-5-7-9(8)17-10(18)13(14,15)16/h7-8H,3-6H2,1-2H3,(H,17,18)(H,19,20). The van der Waals surface area contributed by atoms with Gasteiger partial charge in [-0.3, -0.25) is 9.59 Å². The minimum atomic E-state index is -4.98. The first kappa shape index (κ1) is 16.5. The second-order valence-electron chi connectivity index (χ2n) is 5.48. The van der Waals surface area contributed by atoms with E-state index in [9.17, 15) is 27.9 Å². The van der Waals surface area contributed by atoms with Crippen LogP contribution in [0.5, 0.6) is 0 Å². The molecule has 0 aromatic heterocycles. The number of rotatable bonds is 3. The number of alkyl halides is 3. The third-order valence-electron chi connectivity index (χ3n) is 3.62. The van der Waals surface area contributed by atoms with E-state index in [1.165, 1.54) is 19.9 Å². The molecule has 1 unspecified atom stereocenters. The maximum absolute atomic E-state index is 12.3. The Labute approximate surface area is 115 Å². The minimum Gasteiger partial charge on any atom is -0.481 e. The van der Waals surface area contributed by atoms with E-state index in [4.69, 9.17) is 0 Å². The number of hydrogen-bond donors (Lipinski definition) is 2. The molecule has 1 aliphatic carbocycles. The van der Waals surface area contributed by atoms with E-state index in [2.05, 4.69) is 0 Å². The van der Waals surface area contributed by atoms with Gasteiger partial charge in [0.05, 0.1) is 5.41 Å². The van der Waals surface area contributed by atoms with Crippen LogP contribution in [0.4, 0.5) is 13.2 Å². The van der Waals surface area contributed by atoms with Gasteiger partial charge >= 0.3 is 18.1 Å². The number of nitrogens with one attached hydrogen (secondary N) is 1. The van der Waals surface area contributed by atoms with Crippen molar-refractivity contribution in [3.63, 3.8) is 0 Å². The zero-order valence-electron chi connectivity index (χ0n) is 11.4. The number of halogens is 3. The molecule has 0 bridgehead atoms. The number of carbonyl (C=O) groups excluding carboxylic acids is 1. The maximum atomic E-state index is 12.3. The molecule has 0 fully saturated rings. The fourth-order valence-electron chi connectivity index (χ4n) is 2.29. The summed E-state index contributed by atoms with van der Waals surface area (Å²) in [5, 5.41) is 11.1. The van der Waals surface area contributed by atoms with Crippen LogP contribution in [-0.2, 0) is 9.59 Å². The van der Waals surface area contributed by atoms with E-state index in [1.807, 2.05) is 5.32 Å². The van der Waals surface area contributed by atoms with Crippen molar-refractivity contribution in [2.45, 2.75) is 45.7 Å². The molecule has 0 radical (unpaired) electrons. The van der Waals surface area contributed by atoms with Crippen molar-refractivity contribution < 1.29 is 27.9 Å². The predicted molar refractivity (Wildman–Crippen MR) is 65.7 cm³/mol. The van der Waals surface area contributed by atoms with E-state index in [1.54, 1.807) is 0 Å². The molecule has 0 saturated carbocycles. The lowest BCUT2D eigenvalue weighted by Gasteiger charge is -2.32. The van der Waals surface area contributed by atoms with Crippen molar-refractivity contribution in [2.24, 2.45) is 11.3 Å². The lowest BCUT2D eigenvalue weighted by atomic mass is 9.75. The number of hydrogen-bond acceptors (Lipinski definition) is 2. The smallest absolute Gasteiger partial charge is 0.471 e. The van der Waals surface area contributed by atoms with Gasteiger partial charge in [0.2, 0.25) is 0 Å². The third-order valence-corrected chi connectivity index (χ3v) is 3.62. The number of allylic oxidation sites excluding steroid dienone is 2. The molecule has 1 atom stereocenters. The highest BCUT2D eigenvalue weighted by atomic mass is 19.4. The Morgan fingerprint density at radius 1 is 1.30 bits per heavy atom. The van der Waals surface area contributed by atoms with E-state index in [-0.39, 0.29) is 5.70 Å². The highest BCUT2D eigenvalue weighted by molar-refractivity contribution is 5.83. The van der Waals surface area contributed by atoms with Crippen LogP contribution in [0.15, 0.2) is 11.8 Å². The number of aliphatic carboxylic acids is 1. The van der Waals surface area contributed by atoms with E-state index >= 15 is 0 Å². The topological polar surface area (TPSA) is 66.4 Å². The maximum Gasteiger partial charge on any atom is 0.471 e. The minimum absolute atomic E-state index is 0.0669. The molecule has 0 aliphatic heterocycles. The third kappa shape index (κ3) is 3.74. The number of carboxylic acids is 1. The Bertz CT molecular complexity index is 427. The van der Waals surface area contributed by atoms with Crippen LogP contribution >= 0.6 is 0 Å². The molecule has 0 saturated heterocycles. The number of carbonyl (C=O) groups is 2. The summed E-state index contributed by atoms with van der Waals surface area (Å²) in [4.78, 5) is 22.4. The van der Waals surface area contributed by atoms with Gasteiger partial charge in [0, 0.05) is 11.6 Å². The molecule has 1 amide bonds. The first-order chi connectivity index (χ1) is 9.06. The number of carboxylic acid groups (broad SMARTS) is 1. The van der Waals surface area contributed by atoms with Gasteiger partial charge in [-0.05, 0) is 33.1 Å². The summed E-state index contributed by atoms with van der Waals surface area (Å²) < 4.78 is 37.0. The van der Waals surface area contributed by atoms with Crippen molar-refractivity contribution in [1.82, 2.24) is 5.32 Å². The van der Waals surface area contributed by atoms with E-state index in [0.29, 0.717) is 19.3 Å². The van der Waals surface area contributed by atoms with Crippen LogP contribution in [0.1, 0.15) is 39.5 Å². The van der Waals surface area contributed by atoms with Gasteiger partial charge in [0.15, 0.2) is 0 Å². The van der Waals surface area contributed by atoms with E-state index in [0.717, 1.165) is 6.42 Å².